The Hall–Kier alpha value is -1.27. The minimum atomic E-state index is -3.38. The molecule has 0 saturated heterocycles. The van der Waals surface area contributed by atoms with Crippen LogP contribution in [-0.2, 0) is 9.84 Å². The van der Waals surface area contributed by atoms with Crippen LogP contribution in [0.1, 0.15) is 19.3 Å². The molecule has 3 rings (SSSR count). The van der Waals surface area contributed by atoms with Crippen molar-refractivity contribution in [3.8, 4) is 11.5 Å². The average molecular weight is 283 g/mol. The minimum Gasteiger partial charge on any atom is -0.486 e. The van der Waals surface area contributed by atoms with Crippen molar-refractivity contribution in [2.24, 2.45) is 5.73 Å². The number of rotatable bonds is 2. The van der Waals surface area contributed by atoms with E-state index in [4.69, 9.17) is 15.2 Å². The second-order valence-electron chi connectivity index (χ2n) is 4.98. The Morgan fingerprint density at radius 2 is 1.84 bits per heavy atom. The Kier molecular flexibility index (Phi) is 3.14. The molecule has 6 heteroatoms. The average Bonchev–Trinajstić information content (AvgIpc) is 2.85. The molecule has 5 nitrogen and oxygen atoms in total. The van der Waals surface area contributed by atoms with E-state index in [1.54, 1.807) is 18.2 Å². The van der Waals surface area contributed by atoms with Crippen molar-refractivity contribution in [2.75, 3.05) is 13.2 Å². The molecule has 1 saturated carbocycles. The molecule has 0 radical (unpaired) electrons. The number of sulfone groups is 1. The van der Waals surface area contributed by atoms with Crippen LogP contribution in [-0.4, -0.2) is 32.9 Å². The predicted molar refractivity (Wildman–Crippen MR) is 70.2 cm³/mol. The van der Waals surface area contributed by atoms with Crippen molar-refractivity contribution in [2.45, 2.75) is 35.4 Å². The topological polar surface area (TPSA) is 78.6 Å². The molecular formula is C13H17NO4S. The van der Waals surface area contributed by atoms with E-state index in [0.717, 1.165) is 12.8 Å². The van der Waals surface area contributed by atoms with Crippen molar-refractivity contribution < 1.29 is 17.9 Å². The van der Waals surface area contributed by atoms with Gasteiger partial charge in [-0.15, -0.1) is 0 Å². The van der Waals surface area contributed by atoms with E-state index in [1.807, 2.05) is 0 Å². The van der Waals surface area contributed by atoms with Crippen molar-refractivity contribution in [3.05, 3.63) is 18.2 Å². The van der Waals surface area contributed by atoms with E-state index in [1.165, 1.54) is 0 Å². The molecule has 0 spiro atoms. The summed E-state index contributed by atoms with van der Waals surface area (Å²) in [5.41, 5.74) is 5.91. The van der Waals surface area contributed by atoms with Crippen LogP contribution in [0.4, 0.5) is 0 Å². The number of benzene rings is 1. The van der Waals surface area contributed by atoms with E-state index in [0.29, 0.717) is 31.1 Å². The number of hydrogen-bond acceptors (Lipinski definition) is 5. The summed E-state index contributed by atoms with van der Waals surface area (Å²) in [6.07, 6.45) is 2.28. The van der Waals surface area contributed by atoms with Crippen LogP contribution in [0.25, 0.3) is 0 Å². The number of ether oxygens (including phenoxy) is 2. The van der Waals surface area contributed by atoms with Gasteiger partial charge in [-0.05, 0) is 25.0 Å². The lowest BCUT2D eigenvalue weighted by atomic mass is 10.3. The van der Waals surface area contributed by atoms with Crippen LogP contribution in [0, 0.1) is 0 Å². The lowest BCUT2D eigenvalue weighted by Gasteiger charge is -2.21. The molecule has 1 aliphatic carbocycles. The summed E-state index contributed by atoms with van der Waals surface area (Å²) in [5.74, 6) is 1.10. The largest absolute Gasteiger partial charge is 0.486 e. The maximum absolute atomic E-state index is 12.6. The molecule has 0 aromatic heterocycles. The third-order valence-corrected chi connectivity index (χ3v) is 6.04. The van der Waals surface area contributed by atoms with Gasteiger partial charge in [0.1, 0.15) is 13.2 Å². The third-order valence-electron chi connectivity index (χ3n) is 3.74. The Bertz CT molecular complexity index is 584. The highest BCUT2D eigenvalue weighted by molar-refractivity contribution is 7.92. The summed E-state index contributed by atoms with van der Waals surface area (Å²) in [6.45, 7) is 0.937. The molecule has 104 valence electrons. The van der Waals surface area contributed by atoms with Crippen molar-refractivity contribution >= 4 is 9.84 Å². The monoisotopic (exact) mass is 283 g/mol. The zero-order valence-corrected chi connectivity index (χ0v) is 11.4. The first-order valence-electron chi connectivity index (χ1n) is 6.48. The van der Waals surface area contributed by atoms with Gasteiger partial charge in [0, 0.05) is 12.1 Å². The zero-order valence-electron chi connectivity index (χ0n) is 10.5. The van der Waals surface area contributed by atoms with E-state index in [2.05, 4.69) is 0 Å². The van der Waals surface area contributed by atoms with Crippen molar-refractivity contribution in [3.63, 3.8) is 0 Å². The van der Waals surface area contributed by atoms with Crippen LogP contribution in [0.3, 0.4) is 0 Å². The van der Waals surface area contributed by atoms with Gasteiger partial charge in [-0.2, -0.15) is 0 Å². The predicted octanol–water partition coefficient (Wildman–Crippen LogP) is 1.11. The van der Waals surface area contributed by atoms with Crippen molar-refractivity contribution in [1.82, 2.24) is 0 Å². The van der Waals surface area contributed by atoms with E-state index in [-0.39, 0.29) is 10.9 Å². The Morgan fingerprint density at radius 3 is 2.53 bits per heavy atom. The summed E-state index contributed by atoms with van der Waals surface area (Å²) >= 11 is 0. The number of nitrogens with two attached hydrogens (primary N) is 1. The molecule has 0 bridgehead atoms. The second kappa shape index (κ2) is 4.68. The van der Waals surface area contributed by atoms with Gasteiger partial charge in [-0.1, -0.05) is 6.42 Å². The normalized spacial score (nSPS) is 26.4. The molecule has 2 unspecified atom stereocenters. The first-order valence-corrected chi connectivity index (χ1v) is 8.03. The van der Waals surface area contributed by atoms with Crippen LogP contribution in [0.2, 0.25) is 0 Å². The van der Waals surface area contributed by atoms with Gasteiger partial charge in [-0.25, -0.2) is 8.42 Å². The van der Waals surface area contributed by atoms with Crippen LogP contribution >= 0.6 is 0 Å². The highest BCUT2D eigenvalue weighted by atomic mass is 32.2. The van der Waals surface area contributed by atoms with Gasteiger partial charge >= 0.3 is 0 Å². The fourth-order valence-electron chi connectivity index (χ4n) is 2.72. The molecule has 0 amide bonds. The van der Waals surface area contributed by atoms with Crippen LogP contribution in [0.5, 0.6) is 11.5 Å². The fraction of sp³-hybridized carbons (Fsp3) is 0.538. The maximum atomic E-state index is 12.6. The summed E-state index contributed by atoms with van der Waals surface area (Å²) in [7, 11) is -3.38. The molecule has 2 N–H and O–H groups in total. The van der Waals surface area contributed by atoms with Crippen LogP contribution < -0.4 is 15.2 Å². The second-order valence-corrected chi connectivity index (χ2v) is 7.15. The zero-order chi connectivity index (χ0) is 13.5. The molecule has 1 aromatic rings. The van der Waals surface area contributed by atoms with E-state index >= 15 is 0 Å². The Morgan fingerprint density at radius 1 is 1.11 bits per heavy atom. The quantitative estimate of drug-likeness (QED) is 0.879. The molecule has 1 aromatic carbocycles. The van der Waals surface area contributed by atoms with E-state index < -0.39 is 15.1 Å². The van der Waals surface area contributed by atoms with Gasteiger partial charge in [0.2, 0.25) is 0 Å². The summed E-state index contributed by atoms with van der Waals surface area (Å²) in [5, 5.41) is -0.477. The van der Waals surface area contributed by atoms with Crippen LogP contribution in [0.15, 0.2) is 23.1 Å². The minimum absolute atomic E-state index is 0.266. The third kappa shape index (κ3) is 2.19. The van der Waals surface area contributed by atoms with Gasteiger partial charge in [0.05, 0.1) is 10.1 Å². The molecule has 1 heterocycles. The van der Waals surface area contributed by atoms with Gasteiger partial charge in [0.25, 0.3) is 0 Å². The SMILES string of the molecule is NC1CCCC1S(=O)(=O)c1ccc2c(c1)OCCO2. The molecule has 1 fully saturated rings. The van der Waals surface area contributed by atoms with Gasteiger partial charge in [-0.3, -0.25) is 0 Å². The molecule has 19 heavy (non-hydrogen) atoms. The highest BCUT2D eigenvalue weighted by Gasteiger charge is 2.36. The fourth-order valence-corrected chi connectivity index (χ4v) is 4.67. The van der Waals surface area contributed by atoms with Crippen molar-refractivity contribution in [1.29, 1.82) is 0 Å². The molecule has 1 aliphatic heterocycles. The summed E-state index contributed by atoms with van der Waals surface area (Å²) < 4.78 is 35.9. The maximum Gasteiger partial charge on any atom is 0.182 e. The molecule has 2 atom stereocenters. The van der Waals surface area contributed by atoms with Gasteiger partial charge < -0.3 is 15.2 Å². The smallest absolute Gasteiger partial charge is 0.182 e. The number of hydrogen-bond donors (Lipinski definition) is 1. The standard InChI is InChI=1S/C13H17NO4S/c14-10-2-1-3-13(10)19(15,16)9-4-5-11-12(8-9)18-7-6-17-11/h4-5,8,10,13H,1-3,6-7,14H2. The first-order chi connectivity index (χ1) is 9.09. The molecule has 2 aliphatic rings. The summed E-state index contributed by atoms with van der Waals surface area (Å²) in [4.78, 5) is 0.277. The lowest BCUT2D eigenvalue weighted by Crippen LogP contribution is -2.35. The highest BCUT2D eigenvalue weighted by Crippen LogP contribution is 2.35. The van der Waals surface area contributed by atoms with Gasteiger partial charge in [0.15, 0.2) is 21.3 Å². The Labute approximate surface area is 112 Å². The van der Waals surface area contributed by atoms with E-state index in [9.17, 15) is 8.42 Å². The number of fused-ring (bicyclic) bond motifs is 1. The Balaban J connectivity index is 1.97. The summed E-state index contributed by atoms with van der Waals surface area (Å²) in [6, 6.07) is 4.52. The first kappa shape index (κ1) is 12.7. The lowest BCUT2D eigenvalue weighted by molar-refractivity contribution is 0.171. The molecular weight excluding hydrogens is 266 g/mol.